The molecule has 0 aromatic heterocycles. The van der Waals surface area contributed by atoms with Crippen LogP contribution in [0.15, 0.2) is 18.2 Å². The highest BCUT2D eigenvalue weighted by Crippen LogP contribution is 2.32. The van der Waals surface area contributed by atoms with Crippen LogP contribution in [0.2, 0.25) is 0 Å². The van der Waals surface area contributed by atoms with E-state index in [0.717, 1.165) is 5.56 Å². The normalized spacial score (nSPS) is 13.5. The lowest BCUT2D eigenvalue weighted by molar-refractivity contribution is 0.157. The molecule has 0 fully saturated rings. The average molecular weight is 249 g/mol. The van der Waals surface area contributed by atoms with Crippen LogP contribution >= 0.6 is 0 Å². The molecule has 2 atom stereocenters. The van der Waals surface area contributed by atoms with Gasteiger partial charge in [-0.15, -0.1) is 0 Å². The lowest BCUT2D eigenvalue weighted by Gasteiger charge is -2.17. The van der Waals surface area contributed by atoms with Crippen molar-refractivity contribution in [1.29, 1.82) is 5.26 Å². The Kier molecular flexibility index (Phi) is 5.47. The molecule has 0 aliphatic rings. The number of benzene rings is 1. The van der Waals surface area contributed by atoms with Gasteiger partial charge in [-0.25, -0.2) is 0 Å². The monoisotopic (exact) mass is 249 g/mol. The van der Waals surface area contributed by atoms with Crippen molar-refractivity contribution in [2.75, 3.05) is 13.7 Å². The number of aliphatic hydroxyl groups is 1. The van der Waals surface area contributed by atoms with Gasteiger partial charge in [-0.2, -0.15) is 5.26 Å². The largest absolute Gasteiger partial charge is 0.493 e. The number of aliphatic hydroxyl groups excluding tert-OH is 1. The van der Waals surface area contributed by atoms with Crippen molar-refractivity contribution in [2.45, 2.75) is 32.3 Å². The van der Waals surface area contributed by atoms with Crippen molar-refractivity contribution in [1.82, 2.24) is 0 Å². The van der Waals surface area contributed by atoms with Crippen LogP contribution in [-0.4, -0.2) is 24.9 Å². The van der Waals surface area contributed by atoms with Crippen LogP contribution in [0.5, 0.6) is 11.5 Å². The number of rotatable bonds is 6. The van der Waals surface area contributed by atoms with Crippen LogP contribution < -0.4 is 9.47 Å². The van der Waals surface area contributed by atoms with Crippen LogP contribution in [0.25, 0.3) is 0 Å². The Hall–Kier alpha value is -1.73. The summed E-state index contributed by atoms with van der Waals surface area (Å²) in [7, 11) is 1.55. The molecule has 0 bridgehead atoms. The first-order valence-corrected chi connectivity index (χ1v) is 6.06. The fraction of sp³-hybridized carbons (Fsp3) is 0.500. The van der Waals surface area contributed by atoms with Gasteiger partial charge in [0.25, 0.3) is 0 Å². The van der Waals surface area contributed by atoms with Crippen molar-refractivity contribution in [3.63, 3.8) is 0 Å². The van der Waals surface area contributed by atoms with Crippen molar-refractivity contribution >= 4 is 0 Å². The minimum atomic E-state index is -0.669. The topological polar surface area (TPSA) is 62.5 Å². The summed E-state index contributed by atoms with van der Waals surface area (Å²) in [5.74, 6) is 0.684. The van der Waals surface area contributed by atoms with Crippen LogP contribution in [0.4, 0.5) is 0 Å². The molecule has 1 aromatic carbocycles. The van der Waals surface area contributed by atoms with Crippen LogP contribution in [0.3, 0.4) is 0 Å². The average Bonchev–Trinajstić information content (AvgIpc) is 2.41. The third-order valence-corrected chi connectivity index (χ3v) is 2.79. The molecule has 1 aromatic rings. The second kappa shape index (κ2) is 6.87. The van der Waals surface area contributed by atoms with Crippen LogP contribution in [0.1, 0.15) is 31.7 Å². The second-order valence-electron chi connectivity index (χ2n) is 3.93. The van der Waals surface area contributed by atoms with E-state index in [1.54, 1.807) is 25.3 Å². The van der Waals surface area contributed by atoms with Crippen molar-refractivity contribution in [2.24, 2.45) is 0 Å². The second-order valence-corrected chi connectivity index (χ2v) is 3.93. The number of nitriles is 1. The van der Waals surface area contributed by atoms with Gasteiger partial charge in [-0.1, -0.05) is 13.0 Å². The van der Waals surface area contributed by atoms with Gasteiger partial charge >= 0.3 is 0 Å². The molecule has 0 radical (unpaired) electrons. The summed E-state index contributed by atoms with van der Waals surface area (Å²) in [6, 6.07) is 7.43. The summed E-state index contributed by atoms with van der Waals surface area (Å²) in [6.45, 7) is 4.29. The molecule has 18 heavy (non-hydrogen) atoms. The summed E-state index contributed by atoms with van der Waals surface area (Å²) >= 11 is 0. The molecule has 0 aliphatic heterocycles. The summed E-state index contributed by atoms with van der Waals surface area (Å²) in [5, 5.41) is 18.9. The van der Waals surface area contributed by atoms with Crippen LogP contribution in [0, 0.1) is 11.3 Å². The zero-order chi connectivity index (χ0) is 13.5. The molecular formula is C14H19NO3. The molecule has 98 valence electrons. The number of hydrogen-bond acceptors (Lipinski definition) is 4. The molecule has 0 saturated heterocycles. The molecule has 0 amide bonds. The van der Waals surface area contributed by atoms with Crippen molar-refractivity contribution in [3.8, 4) is 17.6 Å². The Bertz CT molecular complexity index is 426. The predicted octanol–water partition coefficient (Wildman–Crippen LogP) is 2.47. The molecule has 2 unspecified atom stereocenters. The molecular weight excluding hydrogens is 230 g/mol. The Morgan fingerprint density at radius 3 is 2.56 bits per heavy atom. The Balaban J connectivity index is 3.07. The highest BCUT2D eigenvalue weighted by molar-refractivity contribution is 5.45. The Morgan fingerprint density at radius 2 is 2.06 bits per heavy atom. The smallest absolute Gasteiger partial charge is 0.161 e. The van der Waals surface area contributed by atoms with E-state index in [1.807, 2.05) is 13.8 Å². The fourth-order valence-corrected chi connectivity index (χ4v) is 1.77. The predicted molar refractivity (Wildman–Crippen MR) is 68.8 cm³/mol. The maximum atomic E-state index is 9.81. The molecule has 0 aliphatic carbocycles. The summed E-state index contributed by atoms with van der Waals surface area (Å²) in [5.41, 5.74) is 0.743. The van der Waals surface area contributed by atoms with E-state index in [4.69, 9.17) is 14.7 Å². The number of ether oxygens (including phenoxy) is 2. The lowest BCUT2D eigenvalue weighted by Crippen LogP contribution is -2.16. The molecule has 0 spiro atoms. The highest BCUT2D eigenvalue weighted by Gasteiger charge is 2.20. The van der Waals surface area contributed by atoms with Gasteiger partial charge in [-0.3, -0.25) is 0 Å². The summed E-state index contributed by atoms with van der Waals surface area (Å²) in [4.78, 5) is 0. The van der Waals surface area contributed by atoms with Gasteiger partial charge in [0.1, 0.15) is 0 Å². The molecule has 1 N–H and O–H groups in total. The van der Waals surface area contributed by atoms with Crippen molar-refractivity contribution < 1.29 is 14.6 Å². The minimum absolute atomic E-state index is 0.535. The van der Waals surface area contributed by atoms with Gasteiger partial charge in [0.15, 0.2) is 11.5 Å². The highest BCUT2D eigenvalue weighted by atomic mass is 16.5. The van der Waals surface area contributed by atoms with Gasteiger partial charge in [0.2, 0.25) is 0 Å². The fourth-order valence-electron chi connectivity index (χ4n) is 1.77. The SMILES string of the molecule is CCOc1ccc(C(C#N)C(O)CC)cc1OC. The van der Waals surface area contributed by atoms with E-state index in [0.29, 0.717) is 24.5 Å². The third kappa shape index (κ3) is 3.14. The van der Waals surface area contributed by atoms with E-state index < -0.39 is 12.0 Å². The third-order valence-electron chi connectivity index (χ3n) is 2.79. The molecule has 4 heteroatoms. The Labute approximate surface area is 108 Å². The lowest BCUT2D eigenvalue weighted by atomic mass is 9.93. The molecule has 4 nitrogen and oxygen atoms in total. The first kappa shape index (κ1) is 14.3. The maximum Gasteiger partial charge on any atom is 0.161 e. The number of methoxy groups -OCH3 is 1. The summed E-state index contributed by atoms with van der Waals surface area (Å²) in [6.07, 6.45) is -0.133. The van der Waals surface area contributed by atoms with E-state index in [-0.39, 0.29) is 0 Å². The number of hydrogen-bond donors (Lipinski definition) is 1. The van der Waals surface area contributed by atoms with Gasteiger partial charge < -0.3 is 14.6 Å². The van der Waals surface area contributed by atoms with E-state index in [9.17, 15) is 5.11 Å². The van der Waals surface area contributed by atoms with Gasteiger partial charge in [-0.05, 0) is 31.0 Å². The quantitative estimate of drug-likeness (QED) is 0.841. The number of nitrogens with zero attached hydrogens (tertiary/aromatic N) is 1. The standard InChI is InChI=1S/C14H19NO3/c1-4-12(16)11(9-15)10-6-7-13(18-5-2)14(8-10)17-3/h6-8,11-12,16H,4-5H2,1-3H3. The van der Waals surface area contributed by atoms with E-state index in [2.05, 4.69) is 6.07 Å². The van der Waals surface area contributed by atoms with Crippen LogP contribution in [-0.2, 0) is 0 Å². The zero-order valence-electron chi connectivity index (χ0n) is 11.0. The molecule has 0 heterocycles. The zero-order valence-corrected chi connectivity index (χ0v) is 11.0. The van der Waals surface area contributed by atoms with E-state index in [1.165, 1.54) is 0 Å². The first-order valence-electron chi connectivity index (χ1n) is 6.06. The van der Waals surface area contributed by atoms with Gasteiger partial charge in [0, 0.05) is 0 Å². The summed E-state index contributed by atoms with van der Waals surface area (Å²) < 4.78 is 10.6. The minimum Gasteiger partial charge on any atom is -0.493 e. The first-order chi connectivity index (χ1) is 8.67. The van der Waals surface area contributed by atoms with Gasteiger partial charge in [0.05, 0.1) is 31.8 Å². The van der Waals surface area contributed by atoms with E-state index >= 15 is 0 Å². The molecule has 1 rings (SSSR count). The maximum absolute atomic E-state index is 9.81. The molecule has 0 saturated carbocycles. The Morgan fingerprint density at radius 1 is 1.33 bits per heavy atom. The van der Waals surface area contributed by atoms with Crippen molar-refractivity contribution in [3.05, 3.63) is 23.8 Å².